The first-order chi connectivity index (χ1) is 15.3. The van der Waals surface area contributed by atoms with Crippen LogP contribution in [0.4, 0.5) is 5.69 Å². The average Bonchev–Trinajstić information content (AvgIpc) is 2.74. The van der Waals surface area contributed by atoms with Crippen LogP contribution in [0.1, 0.15) is 58.8 Å². The fourth-order valence-corrected chi connectivity index (χ4v) is 3.05. The predicted molar refractivity (Wildman–Crippen MR) is 132 cm³/mol. The summed E-state index contributed by atoms with van der Waals surface area (Å²) in [4.78, 5) is 27.3. The molecule has 1 aromatic carbocycles. The molecule has 0 saturated heterocycles. The maximum atomic E-state index is 12.6. The molecule has 0 aromatic heterocycles. The van der Waals surface area contributed by atoms with Crippen molar-refractivity contribution in [1.29, 1.82) is 0 Å². The molecule has 33 heavy (non-hydrogen) atoms. The lowest BCUT2D eigenvalue weighted by molar-refractivity contribution is -0.137. The van der Waals surface area contributed by atoms with E-state index in [2.05, 4.69) is 29.4 Å². The van der Waals surface area contributed by atoms with Crippen LogP contribution in [0.2, 0.25) is 5.02 Å². The highest BCUT2D eigenvalue weighted by molar-refractivity contribution is 6.34. The Bertz CT molecular complexity index is 789. The van der Waals surface area contributed by atoms with E-state index in [9.17, 15) is 9.59 Å². The second-order valence-electron chi connectivity index (χ2n) is 9.31. The fourth-order valence-electron chi connectivity index (χ4n) is 2.84. The number of hydrogen-bond acceptors (Lipinski definition) is 6. The molecule has 0 fully saturated rings. The van der Waals surface area contributed by atoms with Gasteiger partial charge in [0.2, 0.25) is 5.91 Å². The van der Waals surface area contributed by atoms with Gasteiger partial charge in [-0.25, -0.2) is 0 Å². The highest BCUT2D eigenvalue weighted by atomic mass is 35.5. The minimum Gasteiger partial charge on any atom is -0.496 e. The third-order valence-corrected chi connectivity index (χ3v) is 5.18. The van der Waals surface area contributed by atoms with Crippen LogP contribution in [0.25, 0.3) is 0 Å². The quantitative estimate of drug-likeness (QED) is 0.439. The molecular formula is C24H40ClN3O5. The van der Waals surface area contributed by atoms with Crippen LogP contribution in [0.5, 0.6) is 5.75 Å². The van der Waals surface area contributed by atoms with Crippen molar-refractivity contribution in [3.05, 3.63) is 22.7 Å². The van der Waals surface area contributed by atoms with Crippen LogP contribution < -0.4 is 15.4 Å². The van der Waals surface area contributed by atoms with Gasteiger partial charge >= 0.3 is 0 Å². The van der Waals surface area contributed by atoms with E-state index in [-0.39, 0.29) is 29.0 Å². The van der Waals surface area contributed by atoms with Gasteiger partial charge in [-0.2, -0.15) is 0 Å². The van der Waals surface area contributed by atoms with Gasteiger partial charge in [0.1, 0.15) is 12.4 Å². The molecule has 8 nitrogen and oxygen atoms in total. The van der Waals surface area contributed by atoms with Gasteiger partial charge in [-0.3, -0.25) is 9.59 Å². The lowest BCUT2D eigenvalue weighted by atomic mass is 10.1. The molecule has 0 aliphatic heterocycles. The maximum Gasteiger partial charge on any atom is 0.255 e. The molecule has 0 radical (unpaired) electrons. The number of carbonyl (C=O) groups is 2. The number of nitrogens with one attached hydrogen (secondary N) is 2. The molecule has 2 N–H and O–H groups in total. The standard InChI is InChI=1S/C24H40ClN3O5/c1-9-28(10-2)12-11-26-22(30)17-13-18(25)19(14-20(17)31-8)27-21(29)15-32-24(6,7)16-33-23(3,4)5/h13-14H,9-12,15-16H2,1-8H3,(H,26,30)(H,27,29). The van der Waals surface area contributed by atoms with Crippen LogP contribution in [0.3, 0.4) is 0 Å². The van der Waals surface area contributed by atoms with Crippen molar-refractivity contribution in [2.75, 3.05) is 51.8 Å². The first-order valence-corrected chi connectivity index (χ1v) is 11.7. The molecule has 1 aromatic rings. The summed E-state index contributed by atoms with van der Waals surface area (Å²) in [5, 5.41) is 5.83. The Hall–Kier alpha value is -1.87. The molecule has 0 spiro atoms. The molecule has 1 rings (SSSR count). The van der Waals surface area contributed by atoms with E-state index in [1.54, 1.807) is 0 Å². The molecule has 0 heterocycles. The van der Waals surface area contributed by atoms with Crippen molar-refractivity contribution in [2.24, 2.45) is 0 Å². The number of methoxy groups -OCH3 is 1. The minimum absolute atomic E-state index is 0.174. The Kier molecular flexibility index (Phi) is 11.6. The van der Waals surface area contributed by atoms with Crippen LogP contribution >= 0.6 is 11.6 Å². The van der Waals surface area contributed by atoms with Gasteiger partial charge < -0.3 is 29.7 Å². The van der Waals surface area contributed by atoms with Gasteiger partial charge in [0, 0.05) is 19.2 Å². The highest BCUT2D eigenvalue weighted by Gasteiger charge is 2.24. The van der Waals surface area contributed by atoms with Crippen molar-refractivity contribution in [3.63, 3.8) is 0 Å². The summed E-state index contributed by atoms with van der Waals surface area (Å²) in [5.41, 5.74) is -0.298. The van der Waals surface area contributed by atoms with Crippen LogP contribution in [0.15, 0.2) is 12.1 Å². The van der Waals surface area contributed by atoms with Gasteiger partial charge in [0.15, 0.2) is 0 Å². The largest absolute Gasteiger partial charge is 0.496 e. The fraction of sp³-hybridized carbons (Fsp3) is 0.667. The molecule has 0 saturated carbocycles. The Labute approximate surface area is 203 Å². The van der Waals surface area contributed by atoms with E-state index in [0.29, 0.717) is 30.2 Å². The molecule has 2 amide bonds. The SMILES string of the molecule is CCN(CC)CCNC(=O)c1cc(Cl)c(NC(=O)COC(C)(C)COC(C)(C)C)cc1OC. The van der Waals surface area contributed by atoms with E-state index in [1.165, 1.54) is 19.2 Å². The molecule has 188 valence electrons. The summed E-state index contributed by atoms with van der Waals surface area (Å²) < 4.78 is 16.8. The number of halogens is 1. The topological polar surface area (TPSA) is 89.1 Å². The van der Waals surface area contributed by atoms with E-state index in [1.807, 2.05) is 34.6 Å². The number of carbonyl (C=O) groups excluding carboxylic acids is 2. The summed E-state index contributed by atoms with van der Waals surface area (Å²) in [6.07, 6.45) is 0. The van der Waals surface area contributed by atoms with Gasteiger partial charge in [0.25, 0.3) is 5.91 Å². The zero-order valence-electron chi connectivity index (χ0n) is 21.3. The zero-order valence-corrected chi connectivity index (χ0v) is 22.0. The number of rotatable bonds is 13. The molecule has 0 aliphatic carbocycles. The number of hydrogen-bond donors (Lipinski definition) is 2. The first-order valence-electron chi connectivity index (χ1n) is 11.3. The second-order valence-corrected chi connectivity index (χ2v) is 9.72. The van der Waals surface area contributed by atoms with E-state index in [4.69, 9.17) is 25.8 Å². The van der Waals surface area contributed by atoms with E-state index in [0.717, 1.165) is 19.6 Å². The average molecular weight is 486 g/mol. The van der Waals surface area contributed by atoms with Crippen LogP contribution in [-0.4, -0.2) is 74.4 Å². The van der Waals surface area contributed by atoms with Crippen molar-refractivity contribution in [1.82, 2.24) is 10.2 Å². The van der Waals surface area contributed by atoms with Crippen molar-refractivity contribution in [3.8, 4) is 5.75 Å². The number of anilines is 1. The third-order valence-electron chi connectivity index (χ3n) is 4.86. The van der Waals surface area contributed by atoms with Crippen molar-refractivity contribution >= 4 is 29.1 Å². The Morgan fingerprint density at radius 2 is 1.70 bits per heavy atom. The minimum atomic E-state index is -0.640. The molecule has 0 unspecified atom stereocenters. The first kappa shape index (κ1) is 29.2. The zero-order chi connectivity index (χ0) is 25.2. The summed E-state index contributed by atoms with van der Waals surface area (Å²) in [6, 6.07) is 3.03. The number of amides is 2. The molecule has 9 heteroatoms. The molecule has 0 bridgehead atoms. The summed E-state index contributed by atoms with van der Waals surface area (Å²) in [6.45, 7) is 17.0. The molecule has 0 aliphatic rings. The number of benzene rings is 1. The lowest BCUT2D eigenvalue weighted by Crippen LogP contribution is -2.37. The monoisotopic (exact) mass is 485 g/mol. The Morgan fingerprint density at radius 1 is 1.06 bits per heavy atom. The van der Waals surface area contributed by atoms with E-state index >= 15 is 0 Å². The second kappa shape index (κ2) is 13.1. The van der Waals surface area contributed by atoms with Gasteiger partial charge in [0.05, 0.1) is 41.2 Å². The summed E-state index contributed by atoms with van der Waals surface area (Å²) in [7, 11) is 1.46. The van der Waals surface area contributed by atoms with Crippen molar-refractivity contribution in [2.45, 2.75) is 59.7 Å². The number of nitrogens with zero attached hydrogens (tertiary/aromatic N) is 1. The highest BCUT2D eigenvalue weighted by Crippen LogP contribution is 2.31. The lowest BCUT2D eigenvalue weighted by Gasteiger charge is -2.29. The Balaban J connectivity index is 2.75. The molecular weight excluding hydrogens is 446 g/mol. The van der Waals surface area contributed by atoms with Crippen molar-refractivity contribution < 1.29 is 23.8 Å². The van der Waals surface area contributed by atoms with Gasteiger partial charge in [-0.15, -0.1) is 0 Å². The van der Waals surface area contributed by atoms with E-state index < -0.39 is 5.60 Å². The third kappa shape index (κ3) is 10.7. The van der Waals surface area contributed by atoms with Crippen LogP contribution in [-0.2, 0) is 14.3 Å². The summed E-state index contributed by atoms with van der Waals surface area (Å²) >= 11 is 6.35. The van der Waals surface area contributed by atoms with Gasteiger partial charge in [-0.1, -0.05) is 25.4 Å². The molecule has 0 atom stereocenters. The smallest absolute Gasteiger partial charge is 0.255 e. The normalized spacial score (nSPS) is 12.1. The number of ether oxygens (including phenoxy) is 3. The van der Waals surface area contributed by atoms with Gasteiger partial charge in [-0.05, 0) is 53.8 Å². The summed E-state index contributed by atoms with van der Waals surface area (Å²) in [5.74, 6) is -0.350. The Morgan fingerprint density at radius 3 is 2.24 bits per heavy atom. The number of likely N-dealkylation sites (N-methyl/N-ethyl adjacent to an activating group) is 1. The predicted octanol–water partition coefficient (Wildman–Crippen LogP) is 3.97. The maximum absolute atomic E-state index is 12.6. The van der Waals surface area contributed by atoms with Crippen LogP contribution in [0, 0.1) is 0 Å².